The molecule has 0 saturated carbocycles. The molecule has 168 valence electrons. The smallest absolute Gasteiger partial charge is 0.251 e. The molecule has 0 saturated heterocycles. The average molecular weight is 449 g/mol. The molecule has 1 atom stereocenters. The molecule has 2 N–H and O–H groups in total. The van der Waals surface area contributed by atoms with E-state index in [1.807, 2.05) is 12.1 Å². The number of nitrogens with one attached hydrogen (secondary N) is 2. The van der Waals surface area contributed by atoms with Crippen LogP contribution in [0.15, 0.2) is 42.5 Å². The molecule has 0 fully saturated rings. The molecule has 8 heteroatoms. The third-order valence-electron chi connectivity index (χ3n) is 4.86. The summed E-state index contributed by atoms with van der Waals surface area (Å²) in [4.78, 5) is 25.5. The number of carbonyl (C=O) groups is 2. The minimum absolute atomic E-state index is 0.0695. The summed E-state index contributed by atoms with van der Waals surface area (Å²) in [6, 6.07) is 9.87. The lowest BCUT2D eigenvalue weighted by atomic mass is 9.86. The maximum atomic E-state index is 13.3. The number of aryl methyl sites for hydroxylation is 1. The summed E-state index contributed by atoms with van der Waals surface area (Å²) in [5.41, 5.74) is 2.25. The first kappa shape index (κ1) is 24.5. The molecule has 0 spiro atoms. The molecule has 0 aromatic heterocycles. The van der Waals surface area contributed by atoms with Crippen LogP contribution < -0.4 is 10.6 Å². The Morgan fingerprint density at radius 2 is 1.68 bits per heavy atom. The van der Waals surface area contributed by atoms with Crippen LogP contribution in [0.3, 0.4) is 0 Å². The van der Waals surface area contributed by atoms with Gasteiger partial charge in [0.1, 0.15) is 21.7 Å². The van der Waals surface area contributed by atoms with Crippen molar-refractivity contribution in [2.75, 3.05) is 17.3 Å². The highest BCUT2D eigenvalue weighted by Crippen LogP contribution is 2.22. The van der Waals surface area contributed by atoms with Gasteiger partial charge in [0.05, 0.1) is 5.75 Å². The Kier molecular flexibility index (Phi) is 7.59. The van der Waals surface area contributed by atoms with Crippen molar-refractivity contribution in [3.8, 4) is 0 Å². The second-order valence-electron chi connectivity index (χ2n) is 8.72. The summed E-state index contributed by atoms with van der Waals surface area (Å²) in [5, 5.41) is 5.27. The van der Waals surface area contributed by atoms with Crippen LogP contribution in [0.25, 0.3) is 0 Å². The number of sulfone groups is 1. The van der Waals surface area contributed by atoms with Gasteiger partial charge >= 0.3 is 0 Å². The third kappa shape index (κ3) is 7.47. The lowest BCUT2D eigenvalue weighted by Gasteiger charge is -2.21. The van der Waals surface area contributed by atoms with Crippen molar-refractivity contribution >= 4 is 27.3 Å². The van der Waals surface area contributed by atoms with Crippen molar-refractivity contribution in [1.29, 1.82) is 0 Å². The molecule has 0 radical (unpaired) electrons. The fourth-order valence-electron chi connectivity index (χ4n) is 2.95. The van der Waals surface area contributed by atoms with Gasteiger partial charge in [-0.25, -0.2) is 12.8 Å². The second kappa shape index (κ2) is 9.60. The first-order valence-electron chi connectivity index (χ1n) is 9.92. The predicted octanol–water partition coefficient (Wildman–Crippen LogP) is 3.60. The highest BCUT2D eigenvalue weighted by atomic mass is 32.2. The zero-order valence-electron chi connectivity index (χ0n) is 18.5. The van der Waals surface area contributed by atoms with Gasteiger partial charge in [-0.15, -0.1) is 0 Å². The third-order valence-corrected chi connectivity index (χ3v) is 5.84. The van der Waals surface area contributed by atoms with Gasteiger partial charge < -0.3 is 10.6 Å². The fraction of sp³-hybridized carbons (Fsp3) is 0.391. The van der Waals surface area contributed by atoms with Crippen LogP contribution in [0.2, 0.25) is 0 Å². The van der Waals surface area contributed by atoms with Gasteiger partial charge in [-0.05, 0) is 60.2 Å². The van der Waals surface area contributed by atoms with Crippen molar-refractivity contribution < 1.29 is 22.4 Å². The maximum Gasteiger partial charge on any atom is 0.251 e. The van der Waals surface area contributed by atoms with Gasteiger partial charge in [-0.3, -0.25) is 9.59 Å². The van der Waals surface area contributed by atoms with Crippen molar-refractivity contribution in [1.82, 2.24) is 5.32 Å². The molecule has 0 heterocycles. The molecule has 0 aliphatic heterocycles. The first-order valence-corrected chi connectivity index (χ1v) is 12.0. The van der Waals surface area contributed by atoms with Gasteiger partial charge in [-0.2, -0.15) is 0 Å². The Hall–Kier alpha value is -2.74. The lowest BCUT2D eigenvalue weighted by molar-refractivity contribution is -0.118. The summed E-state index contributed by atoms with van der Waals surface area (Å²) >= 11 is 0. The number of hydrogen-bond donors (Lipinski definition) is 2. The topological polar surface area (TPSA) is 92.3 Å². The number of anilines is 1. The zero-order chi connectivity index (χ0) is 23.4. The molecule has 6 nitrogen and oxygen atoms in total. The molecule has 0 aliphatic rings. The predicted molar refractivity (Wildman–Crippen MR) is 120 cm³/mol. The summed E-state index contributed by atoms with van der Waals surface area (Å²) in [6.45, 7) is 7.82. The van der Waals surface area contributed by atoms with E-state index in [9.17, 15) is 22.4 Å². The van der Waals surface area contributed by atoms with Gasteiger partial charge in [0.2, 0.25) is 5.91 Å². The molecule has 0 aliphatic carbocycles. The number of rotatable bonds is 7. The van der Waals surface area contributed by atoms with Crippen LogP contribution in [-0.2, 0) is 20.0 Å². The molecular weight excluding hydrogens is 419 g/mol. The van der Waals surface area contributed by atoms with Gasteiger partial charge in [0, 0.05) is 17.5 Å². The number of carbonyl (C=O) groups excluding carboxylic acids is 2. The molecule has 0 unspecified atom stereocenters. The summed E-state index contributed by atoms with van der Waals surface area (Å²) < 4.78 is 36.5. The Morgan fingerprint density at radius 1 is 1.06 bits per heavy atom. The van der Waals surface area contributed by atoms with E-state index in [2.05, 4.69) is 31.4 Å². The molecule has 0 bridgehead atoms. The Balaban J connectivity index is 2.20. The SMILES string of the molecule is Cc1cc(F)ccc1NC(=O)[C@H](CCS(C)(=O)=O)NC(=O)c1ccc(C(C)(C)C)cc1. The van der Waals surface area contributed by atoms with Crippen molar-refractivity contribution in [3.63, 3.8) is 0 Å². The van der Waals surface area contributed by atoms with Crippen molar-refractivity contribution in [3.05, 3.63) is 65.0 Å². The van der Waals surface area contributed by atoms with Gasteiger partial charge in [0.25, 0.3) is 5.91 Å². The monoisotopic (exact) mass is 448 g/mol. The van der Waals surface area contributed by atoms with Crippen molar-refractivity contribution in [2.45, 2.75) is 45.6 Å². The van der Waals surface area contributed by atoms with Crippen molar-refractivity contribution in [2.24, 2.45) is 0 Å². The van der Waals surface area contributed by atoms with Crippen LogP contribution in [0, 0.1) is 12.7 Å². The van der Waals surface area contributed by atoms with E-state index in [0.717, 1.165) is 11.8 Å². The zero-order valence-corrected chi connectivity index (χ0v) is 19.3. The van der Waals surface area contributed by atoms with Crippen LogP contribution in [0.5, 0.6) is 0 Å². The van der Waals surface area contributed by atoms with Crippen LogP contribution in [-0.4, -0.2) is 38.3 Å². The van der Waals surface area contributed by atoms with E-state index in [4.69, 9.17) is 0 Å². The van der Waals surface area contributed by atoms with Gasteiger partial charge in [0.15, 0.2) is 0 Å². The van der Waals surface area contributed by atoms with Gasteiger partial charge in [-0.1, -0.05) is 32.9 Å². The van der Waals surface area contributed by atoms with E-state index >= 15 is 0 Å². The molecule has 2 aromatic carbocycles. The highest BCUT2D eigenvalue weighted by molar-refractivity contribution is 7.90. The summed E-state index contributed by atoms with van der Waals surface area (Å²) in [5.74, 6) is -1.75. The van der Waals surface area contributed by atoms with Crippen LogP contribution in [0.1, 0.15) is 48.7 Å². The first-order chi connectivity index (χ1) is 14.3. The lowest BCUT2D eigenvalue weighted by Crippen LogP contribution is -2.44. The van der Waals surface area contributed by atoms with E-state index in [0.29, 0.717) is 16.8 Å². The highest BCUT2D eigenvalue weighted by Gasteiger charge is 2.24. The molecule has 2 rings (SSSR count). The molecular formula is C23H29FN2O4S. The fourth-order valence-corrected chi connectivity index (χ4v) is 3.61. The number of halogens is 1. The molecule has 31 heavy (non-hydrogen) atoms. The summed E-state index contributed by atoms with van der Waals surface area (Å²) in [7, 11) is -3.34. The van der Waals surface area contributed by atoms with E-state index in [-0.39, 0.29) is 17.6 Å². The quantitative estimate of drug-likeness (QED) is 0.677. The Bertz CT molecular complexity index is 1060. The molecule has 2 amide bonds. The van der Waals surface area contributed by atoms with E-state index in [1.165, 1.54) is 18.2 Å². The Labute approximate surface area is 183 Å². The van der Waals surface area contributed by atoms with Crippen LogP contribution >= 0.6 is 0 Å². The molecule has 2 aromatic rings. The largest absolute Gasteiger partial charge is 0.340 e. The normalized spacial score (nSPS) is 12.8. The minimum Gasteiger partial charge on any atom is -0.340 e. The number of amides is 2. The summed E-state index contributed by atoms with van der Waals surface area (Å²) in [6.07, 6.45) is 0.982. The van der Waals surface area contributed by atoms with E-state index < -0.39 is 33.5 Å². The van der Waals surface area contributed by atoms with E-state index in [1.54, 1.807) is 19.1 Å². The maximum absolute atomic E-state index is 13.3. The number of benzene rings is 2. The second-order valence-corrected chi connectivity index (χ2v) is 11.0. The number of hydrogen-bond acceptors (Lipinski definition) is 4. The average Bonchev–Trinajstić information content (AvgIpc) is 2.65. The Morgan fingerprint density at radius 3 is 2.19 bits per heavy atom. The minimum atomic E-state index is -3.34. The van der Waals surface area contributed by atoms with Crippen LogP contribution in [0.4, 0.5) is 10.1 Å². The standard InChI is InChI=1S/C23H29FN2O4S/c1-15-14-18(24)10-11-19(15)25-22(28)20(12-13-31(5,29)30)26-21(27)16-6-8-17(9-7-16)23(2,3)4/h6-11,14,20H,12-13H2,1-5H3,(H,25,28)(H,26,27)/t20-/m0/s1.